The molecule has 0 spiro atoms. The maximum Gasteiger partial charge on any atom is 0.219 e. The second-order valence-corrected chi connectivity index (χ2v) is 5.73. The maximum absolute atomic E-state index is 11.4. The Kier molecular flexibility index (Phi) is 3.92. The van der Waals surface area contributed by atoms with Gasteiger partial charge in [-0.1, -0.05) is 0 Å². The summed E-state index contributed by atoms with van der Waals surface area (Å²) in [5, 5.41) is 3.95. The number of hydrogen-bond donors (Lipinski definition) is 1. The van der Waals surface area contributed by atoms with E-state index in [4.69, 9.17) is 0 Å². The molecule has 1 aliphatic heterocycles. The first kappa shape index (κ1) is 14.1. The molecule has 0 saturated carbocycles. The average molecular weight is 286 g/mol. The number of fused-ring (bicyclic) bond motifs is 3. The summed E-state index contributed by atoms with van der Waals surface area (Å²) in [4.78, 5) is 18.0. The van der Waals surface area contributed by atoms with Crippen LogP contribution in [0.5, 0.6) is 0 Å². The van der Waals surface area contributed by atoms with Crippen molar-refractivity contribution in [2.75, 3.05) is 20.6 Å². The summed E-state index contributed by atoms with van der Waals surface area (Å²) in [5.74, 6) is 0.113. The molecule has 0 bridgehead atoms. The highest BCUT2D eigenvalue weighted by molar-refractivity contribution is 5.85. The third kappa shape index (κ3) is 2.65. The van der Waals surface area contributed by atoms with E-state index in [1.165, 1.54) is 22.2 Å². The van der Waals surface area contributed by atoms with E-state index < -0.39 is 0 Å². The number of pyridine rings is 1. The minimum atomic E-state index is 0.113. The zero-order valence-electron chi connectivity index (χ0n) is 12.7. The molecular formula is C16H22N4O. The molecular weight excluding hydrogens is 264 g/mol. The van der Waals surface area contributed by atoms with E-state index in [0.29, 0.717) is 6.42 Å². The highest BCUT2D eigenvalue weighted by Gasteiger charge is 2.22. The van der Waals surface area contributed by atoms with Crippen LogP contribution in [0.4, 0.5) is 0 Å². The highest BCUT2D eigenvalue weighted by atomic mass is 16.1. The van der Waals surface area contributed by atoms with Gasteiger partial charge in [0.15, 0.2) is 0 Å². The number of carbonyl (C=O) groups excluding carboxylic acids is 1. The molecule has 112 valence electrons. The van der Waals surface area contributed by atoms with E-state index in [1.54, 1.807) is 7.05 Å². The maximum atomic E-state index is 11.4. The van der Waals surface area contributed by atoms with Crippen LogP contribution < -0.4 is 5.32 Å². The van der Waals surface area contributed by atoms with Crippen molar-refractivity contribution >= 4 is 16.8 Å². The zero-order chi connectivity index (χ0) is 14.8. The topological polar surface area (TPSA) is 50.2 Å². The van der Waals surface area contributed by atoms with E-state index in [-0.39, 0.29) is 5.91 Å². The van der Waals surface area contributed by atoms with E-state index in [0.717, 1.165) is 32.5 Å². The van der Waals surface area contributed by atoms with Gasteiger partial charge in [-0.2, -0.15) is 0 Å². The first-order valence-corrected chi connectivity index (χ1v) is 7.53. The van der Waals surface area contributed by atoms with Gasteiger partial charge < -0.3 is 14.8 Å². The molecule has 0 aromatic carbocycles. The monoisotopic (exact) mass is 286 g/mol. The molecule has 2 aromatic rings. The van der Waals surface area contributed by atoms with Crippen LogP contribution in [-0.4, -0.2) is 41.0 Å². The molecule has 0 aliphatic carbocycles. The highest BCUT2D eigenvalue weighted by Crippen LogP contribution is 2.30. The van der Waals surface area contributed by atoms with E-state index in [1.807, 2.05) is 12.4 Å². The van der Waals surface area contributed by atoms with Gasteiger partial charge in [-0.15, -0.1) is 0 Å². The Morgan fingerprint density at radius 2 is 2.33 bits per heavy atom. The molecule has 0 fully saturated rings. The Hall–Kier alpha value is -1.88. The molecule has 0 saturated heterocycles. The number of likely N-dealkylation sites (N-methyl/N-ethyl adjacent to an activating group) is 1. The standard InChI is InChI=1S/C16H22N4O/c1-17-16(21)4-3-8-20-14-5-7-18-10-12(14)13-11-19(2)9-6-15(13)20/h5,7,10H,3-4,6,8-9,11H2,1-2H3,(H,17,21). The van der Waals surface area contributed by atoms with Gasteiger partial charge in [0.1, 0.15) is 0 Å². The number of aryl methyl sites for hydroxylation is 1. The van der Waals surface area contributed by atoms with Crippen LogP contribution in [0.3, 0.4) is 0 Å². The summed E-state index contributed by atoms with van der Waals surface area (Å²) in [5.41, 5.74) is 4.09. The van der Waals surface area contributed by atoms with Crippen molar-refractivity contribution in [3.05, 3.63) is 29.7 Å². The van der Waals surface area contributed by atoms with Crippen molar-refractivity contribution in [2.45, 2.75) is 32.4 Å². The molecule has 2 aromatic heterocycles. The summed E-state index contributed by atoms with van der Waals surface area (Å²) in [6.45, 7) is 2.97. The van der Waals surface area contributed by atoms with E-state index >= 15 is 0 Å². The first-order valence-electron chi connectivity index (χ1n) is 7.53. The Balaban J connectivity index is 1.92. The predicted octanol–water partition coefficient (Wildman–Crippen LogP) is 1.55. The molecule has 1 N–H and O–H groups in total. The van der Waals surface area contributed by atoms with Gasteiger partial charge >= 0.3 is 0 Å². The van der Waals surface area contributed by atoms with Crippen LogP contribution in [0.2, 0.25) is 0 Å². The van der Waals surface area contributed by atoms with Crippen molar-refractivity contribution < 1.29 is 4.79 Å². The molecule has 0 radical (unpaired) electrons. The minimum absolute atomic E-state index is 0.113. The fraction of sp³-hybridized carbons (Fsp3) is 0.500. The third-order valence-corrected chi connectivity index (χ3v) is 4.31. The van der Waals surface area contributed by atoms with Crippen molar-refractivity contribution in [3.63, 3.8) is 0 Å². The number of rotatable bonds is 4. The smallest absolute Gasteiger partial charge is 0.219 e. The van der Waals surface area contributed by atoms with Gasteiger partial charge in [-0.05, 0) is 25.1 Å². The number of carbonyl (C=O) groups is 1. The second kappa shape index (κ2) is 5.85. The van der Waals surface area contributed by atoms with Crippen molar-refractivity contribution in [1.82, 2.24) is 19.8 Å². The number of aromatic nitrogens is 2. The Morgan fingerprint density at radius 1 is 1.48 bits per heavy atom. The first-order chi connectivity index (χ1) is 10.2. The van der Waals surface area contributed by atoms with Crippen LogP contribution in [0.1, 0.15) is 24.1 Å². The Labute approximate surface area is 125 Å². The lowest BCUT2D eigenvalue weighted by molar-refractivity contribution is -0.120. The lowest BCUT2D eigenvalue weighted by Gasteiger charge is -2.24. The molecule has 1 aliphatic rings. The third-order valence-electron chi connectivity index (χ3n) is 4.31. The lowest BCUT2D eigenvalue weighted by atomic mass is 10.1. The van der Waals surface area contributed by atoms with Gasteiger partial charge in [0, 0.05) is 63.0 Å². The van der Waals surface area contributed by atoms with E-state index in [2.05, 4.69) is 32.9 Å². The summed E-state index contributed by atoms with van der Waals surface area (Å²) in [6, 6.07) is 2.09. The summed E-state index contributed by atoms with van der Waals surface area (Å²) in [7, 11) is 3.85. The SMILES string of the molecule is CNC(=O)CCCn1c2c(c3cnccc31)CN(C)CC2. The lowest BCUT2D eigenvalue weighted by Crippen LogP contribution is -2.27. The molecule has 21 heavy (non-hydrogen) atoms. The van der Waals surface area contributed by atoms with Gasteiger partial charge in [0.25, 0.3) is 0 Å². The molecule has 5 nitrogen and oxygen atoms in total. The molecule has 0 unspecified atom stereocenters. The van der Waals surface area contributed by atoms with Gasteiger partial charge in [0.05, 0.1) is 5.52 Å². The van der Waals surface area contributed by atoms with Gasteiger partial charge in [-0.3, -0.25) is 9.78 Å². The van der Waals surface area contributed by atoms with Crippen molar-refractivity contribution in [2.24, 2.45) is 0 Å². The quantitative estimate of drug-likeness (QED) is 0.928. The van der Waals surface area contributed by atoms with Crippen LogP contribution in [0.25, 0.3) is 10.9 Å². The second-order valence-electron chi connectivity index (χ2n) is 5.73. The summed E-state index contributed by atoms with van der Waals surface area (Å²) < 4.78 is 2.39. The summed E-state index contributed by atoms with van der Waals surface area (Å²) >= 11 is 0. The fourth-order valence-corrected chi connectivity index (χ4v) is 3.20. The normalized spacial score (nSPS) is 15.1. The van der Waals surface area contributed by atoms with Crippen LogP contribution in [0.15, 0.2) is 18.5 Å². The van der Waals surface area contributed by atoms with Crippen LogP contribution >= 0.6 is 0 Å². The number of nitrogens with one attached hydrogen (secondary N) is 1. The molecule has 5 heteroatoms. The Morgan fingerprint density at radius 3 is 3.14 bits per heavy atom. The summed E-state index contributed by atoms with van der Waals surface area (Å²) in [6.07, 6.45) is 6.35. The number of nitrogens with zero attached hydrogens (tertiary/aromatic N) is 3. The van der Waals surface area contributed by atoms with Crippen molar-refractivity contribution in [1.29, 1.82) is 0 Å². The Bertz CT molecular complexity index is 662. The largest absolute Gasteiger partial charge is 0.359 e. The van der Waals surface area contributed by atoms with E-state index in [9.17, 15) is 4.79 Å². The number of amides is 1. The van der Waals surface area contributed by atoms with Crippen LogP contribution in [0, 0.1) is 0 Å². The minimum Gasteiger partial charge on any atom is -0.359 e. The predicted molar refractivity (Wildman–Crippen MR) is 83.1 cm³/mol. The van der Waals surface area contributed by atoms with Crippen molar-refractivity contribution in [3.8, 4) is 0 Å². The van der Waals surface area contributed by atoms with Gasteiger partial charge in [0.2, 0.25) is 5.91 Å². The van der Waals surface area contributed by atoms with Gasteiger partial charge in [-0.25, -0.2) is 0 Å². The molecule has 3 rings (SSSR count). The molecule has 1 amide bonds. The van der Waals surface area contributed by atoms with Crippen LogP contribution in [-0.2, 0) is 24.3 Å². The fourth-order valence-electron chi connectivity index (χ4n) is 3.20. The number of hydrogen-bond acceptors (Lipinski definition) is 3. The average Bonchev–Trinajstić information content (AvgIpc) is 2.81. The molecule has 0 atom stereocenters. The zero-order valence-corrected chi connectivity index (χ0v) is 12.7. The molecule has 3 heterocycles.